The molecule has 1 aliphatic carbocycles. The zero-order valence-corrected chi connectivity index (χ0v) is 29.6. The topological polar surface area (TPSA) is 86.8 Å². The fourth-order valence-corrected chi connectivity index (χ4v) is 7.98. The van der Waals surface area contributed by atoms with Crippen molar-refractivity contribution in [1.29, 1.82) is 0 Å². The van der Waals surface area contributed by atoms with E-state index in [-0.39, 0.29) is 45.5 Å². The lowest BCUT2D eigenvalue weighted by Crippen LogP contribution is -2.55. The Morgan fingerprint density at radius 2 is 1.50 bits per heavy atom. The van der Waals surface area contributed by atoms with Crippen molar-refractivity contribution >= 4 is 50.7 Å². The molecule has 4 aromatic carbocycles. The van der Waals surface area contributed by atoms with Crippen molar-refractivity contribution in [3.8, 4) is 0 Å². The van der Waals surface area contributed by atoms with E-state index in [1.807, 2.05) is 68.4 Å². The van der Waals surface area contributed by atoms with Crippen LogP contribution in [-0.2, 0) is 32.6 Å². The summed E-state index contributed by atoms with van der Waals surface area (Å²) >= 11 is 13.0. The molecular formula is C38H41Cl2N3O4S. The first-order chi connectivity index (χ1) is 23.0. The SMILES string of the molecule is Cc1ccc(S(=O)(=O)N(CC(=O)N(Cc2ccccc2C)[C@H](Cc2ccccc2)C(=O)NC2CCCCC2)c2cccc(Cl)c2Cl)cc1. The number of nitrogens with one attached hydrogen (secondary N) is 1. The highest BCUT2D eigenvalue weighted by molar-refractivity contribution is 7.92. The number of rotatable bonds is 12. The number of hydrogen-bond acceptors (Lipinski definition) is 4. The molecule has 1 N–H and O–H groups in total. The number of anilines is 1. The molecule has 0 radical (unpaired) electrons. The summed E-state index contributed by atoms with van der Waals surface area (Å²) in [5, 5.41) is 3.39. The monoisotopic (exact) mass is 705 g/mol. The molecule has 4 aromatic rings. The molecule has 0 heterocycles. The number of carbonyl (C=O) groups excluding carboxylic acids is 2. The molecule has 0 bridgehead atoms. The maximum atomic E-state index is 14.8. The average molecular weight is 707 g/mol. The number of nitrogens with zero attached hydrogens (tertiary/aromatic N) is 2. The van der Waals surface area contributed by atoms with E-state index in [0.29, 0.717) is 0 Å². The molecular weight excluding hydrogens is 665 g/mol. The van der Waals surface area contributed by atoms with Gasteiger partial charge in [-0.3, -0.25) is 13.9 Å². The molecule has 5 rings (SSSR count). The van der Waals surface area contributed by atoms with E-state index in [2.05, 4.69) is 5.32 Å². The van der Waals surface area contributed by atoms with Crippen molar-refractivity contribution < 1.29 is 18.0 Å². The largest absolute Gasteiger partial charge is 0.352 e. The Bertz CT molecular complexity index is 1830. The van der Waals surface area contributed by atoms with Crippen molar-refractivity contribution in [2.24, 2.45) is 0 Å². The molecule has 0 unspecified atom stereocenters. The van der Waals surface area contributed by atoms with Crippen molar-refractivity contribution in [3.05, 3.63) is 129 Å². The zero-order chi connectivity index (χ0) is 34.3. The van der Waals surface area contributed by atoms with Crippen molar-refractivity contribution in [3.63, 3.8) is 0 Å². The second kappa shape index (κ2) is 16.0. The van der Waals surface area contributed by atoms with Crippen LogP contribution in [0.5, 0.6) is 0 Å². The lowest BCUT2D eigenvalue weighted by molar-refractivity contribution is -0.140. The van der Waals surface area contributed by atoms with E-state index < -0.39 is 28.5 Å². The lowest BCUT2D eigenvalue weighted by atomic mass is 9.94. The maximum Gasteiger partial charge on any atom is 0.264 e. The van der Waals surface area contributed by atoms with Crippen LogP contribution in [0.3, 0.4) is 0 Å². The summed E-state index contributed by atoms with van der Waals surface area (Å²) in [4.78, 5) is 30.5. The predicted octanol–water partition coefficient (Wildman–Crippen LogP) is 7.89. The molecule has 1 aliphatic rings. The van der Waals surface area contributed by atoms with Crippen LogP contribution >= 0.6 is 23.2 Å². The molecule has 0 spiro atoms. The van der Waals surface area contributed by atoms with Crippen LogP contribution in [-0.4, -0.2) is 43.8 Å². The number of hydrogen-bond donors (Lipinski definition) is 1. The zero-order valence-electron chi connectivity index (χ0n) is 27.2. The highest BCUT2D eigenvalue weighted by Crippen LogP contribution is 2.36. The third-order valence-corrected chi connectivity index (χ3v) is 11.5. The van der Waals surface area contributed by atoms with E-state index in [9.17, 15) is 18.0 Å². The molecule has 0 aromatic heterocycles. The Labute approximate surface area is 293 Å². The van der Waals surface area contributed by atoms with Crippen molar-refractivity contribution in [2.75, 3.05) is 10.8 Å². The van der Waals surface area contributed by atoms with Gasteiger partial charge < -0.3 is 10.2 Å². The van der Waals surface area contributed by atoms with E-state index >= 15 is 0 Å². The number of amides is 2. The summed E-state index contributed by atoms with van der Waals surface area (Å²) in [5.74, 6) is -0.814. The van der Waals surface area contributed by atoms with Gasteiger partial charge in [-0.15, -0.1) is 0 Å². The molecule has 1 saturated carbocycles. The van der Waals surface area contributed by atoms with Gasteiger partial charge in [-0.1, -0.05) is 121 Å². The van der Waals surface area contributed by atoms with Crippen LogP contribution in [0.4, 0.5) is 5.69 Å². The van der Waals surface area contributed by atoms with Gasteiger partial charge in [-0.25, -0.2) is 8.42 Å². The molecule has 10 heteroatoms. The summed E-state index contributed by atoms with van der Waals surface area (Å²) in [6.45, 7) is 3.30. The summed E-state index contributed by atoms with van der Waals surface area (Å²) in [6.07, 6.45) is 5.21. The van der Waals surface area contributed by atoms with Crippen LogP contribution in [0.25, 0.3) is 0 Å². The van der Waals surface area contributed by atoms with Gasteiger partial charge in [0.2, 0.25) is 11.8 Å². The first-order valence-electron chi connectivity index (χ1n) is 16.3. The average Bonchev–Trinajstić information content (AvgIpc) is 3.08. The number of carbonyl (C=O) groups is 2. The van der Waals surface area contributed by atoms with Gasteiger partial charge in [0.05, 0.1) is 20.6 Å². The minimum atomic E-state index is -4.31. The van der Waals surface area contributed by atoms with E-state index in [0.717, 1.165) is 58.7 Å². The Morgan fingerprint density at radius 1 is 0.833 bits per heavy atom. The number of sulfonamides is 1. The first-order valence-corrected chi connectivity index (χ1v) is 18.5. The van der Waals surface area contributed by atoms with Crippen LogP contribution in [0, 0.1) is 13.8 Å². The van der Waals surface area contributed by atoms with Gasteiger partial charge in [0.15, 0.2) is 0 Å². The van der Waals surface area contributed by atoms with Gasteiger partial charge in [0.25, 0.3) is 10.0 Å². The van der Waals surface area contributed by atoms with Crippen LogP contribution in [0.15, 0.2) is 102 Å². The third-order valence-electron chi connectivity index (χ3n) is 8.91. The van der Waals surface area contributed by atoms with Gasteiger partial charge in [-0.05, 0) is 67.6 Å². The van der Waals surface area contributed by atoms with Crippen LogP contribution in [0.1, 0.15) is 54.4 Å². The van der Waals surface area contributed by atoms with E-state index in [1.165, 1.54) is 23.1 Å². The smallest absolute Gasteiger partial charge is 0.264 e. The van der Waals surface area contributed by atoms with Crippen molar-refractivity contribution in [2.45, 2.75) is 75.9 Å². The lowest BCUT2D eigenvalue weighted by Gasteiger charge is -2.35. The molecule has 1 fully saturated rings. The van der Waals surface area contributed by atoms with E-state index in [1.54, 1.807) is 24.3 Å². The molecule has 1 atom stereocenters. The number of aryl methyl sites for hydroxylation is 2. The molecule has 0 aliphatic heterocycles. The Morgan fingerprint density at radius 3 is 2.19 bits per heavy atom. The summed E-state index contributed by atoms with van der Waals surface area (Å²) < 4.78 is 29.6. The van der Waals surface area contributed by atoms with Gasteiger partial charge in [0.1, 0.15) is 12.6 Å². The summed E-state index contributed by atoms with van der Waals surface area (Å²) in [7, 11) is -4.31. The number of benzene rings is 4. The van der Waals surface area contributed by atoms with Crippen LogP contribution in [0.2, 0.25) is 10.0 Å². The highest BCUT2D eigenvalue weighted by Gasteiger charge is 2.36. The van der Waals surface area contributed by atoms with Crippen molar-refractivity contribution in [1.82, 2.24) is 10.2 Å². The van der Waals surface area contributed by atoms with Gasteiger partial charge in [0, 0.05) is 19.0 Å². The molecule has 2 amide bonds. The van der Waals surface area contributed by atoms with Crippen LogP contribution < -0.4 is 9.62 Å². The fraction of sp³-hybridized carbons (Fsp3) is 0.316. The second-order valence-corrected chi connectivity index (χ2v) is 15.0. The first kappa shape index (κ1) is 35.5. The second-order valence-electron chi connectivity index (χ2n) is 12.4. The highest BCUT2D eigenvalue weighted by atomic mass is 35.5. The fourth-order valence-electron chi connectivity index (χ4n) is 6.11. The van der Waals surface area contributed by atoms with Gasteiger partial charge in [-0.2, -0.15) is 0 Å². The van der Waals surface area contributed by atoms with E-state index in [4.69, 9.17) is 23.2 Å². The quantitative estimate of drug-likeness (QED) is 0.162. The predicted molar refractivity (Wildman–Crippen MR) is 193 cm³/mol. The normalized spacial score (nSPS) is 14.2. The summed E-state index contributed by atoms with van der Waals surface area (Å²) in [5.41, 5.74) is 3.63. The standard InChI is InChI=1S/C38H41Cl2N3O4S/c1-27-20-22-32(23-21-27)48(46,47)43(34-19-11-18-33(39)37(34)40)26-36(44)42(25-30-15-10-9-12-28(30)2)35(24-29-13-5-3-6-14-29)38(45)41-31-16-7-4-8-17-31/h3,5-6,9-15,18-23,31,35H,4,7-8,16-17,24-26H2,1-2H3,(H,41,45)/t35-/m1/s1. The Balaban J connectivity index is 1.59. The third kappa shape index (κ3) is 8.59. The Kier molecular flexibility index (Phi) is 11.8. The molecule has 252 valence electrons. The molecule has 7 nitrogen and oxygen atoms in total. The molecule has 0 saturated heterocycles. The van der Waals surface area contributed by atoms with Gasteiger partial charge >= 0.3 is 0 Å². The summed E-state index contributed by atoms with van der Waals surface area (Å²) in [6, 6.07) is 27.4. The maximum absolute atomic E-state index is 14.8. The minimum absolute atomic E-state index is 0.00160. The minimum Gasteiger partial charge on any atom is -0.352 e. The Hall–Kier alpha value is -3.85. The molecule has 48 heavy (non-hydrogen) atoms. The number of halogens is 2.